The molecule has 0 radical (unpaired) electrons. The number of thioether (sulfide) groups is 1. The zero-order valence-corrected chi connectivity index (χ0v) is 19.0. The van der Waals surface area contributed by atoms with Crippen LogP contribution in [0.3, 0.4) is 0 Å². The van der Waals surface area contributed by atoms with Crippen molar-refractivity contribution in [3.63, 3.8) is 0 Å². The number of nitrogens with one attached hydrogen (secondary N) is 1. The summed E-state index contributed by atoms with van der Waals surface area (Å²) in [4.78, 5) is 14.3. The molecule has 0 bridgehead atoms. The van der Waals surface area contributed by atoms with E-state index in [4.69, 9.17) is 0 Å². The highest BCUT2D eigenvalue weighted by molar-refractivity contribution is 8.00. The molecule has 1 aliphatic rings. The molecular weight excluding hydrogens is 386 g/mol. The third-order valence-electron chi connectivity index (χ3n) is 6.40. The highest BCUT2D eigenvalue weighted by Gasteiger charge is 2.55. The molecule has 3 heteroatoms. The Balaban J connectivity index is 1.69. The van der Waals surface area contributed by atoms with E-state index in [1.807, 2.05) is 6.07 Å². The van der Waals surface area contributed by atoms with Gasteiger partial charge < -0.3 is 5.32 Å². The molecule has 3 aromatic carbocycles. The van der Waals surface area contributed by atoms with Crippen LogP contribution in [0.15, 0.2) is 71.6 Å². The van der Waals surface area contributed by atoms with Crippen LogP contribution in [-0.4, -0.2) is 11.3 Å². The molecule has 3 aromatic rings. The summed E-state index contributed by atoms with van der Waals surface area (Å²) in [6.45, 7) is 8.56. The topological polar surface area (TPSA) is 29.1 Å². The summed E-state index contributed by atoms with van der Waals surface area (Å²) in [5.41, 5.74) is 7.14. The van der Waals surface area contributed by atoms with Crippen LogP contribution in [-0.2, 0) is 17.6 Å². The summed E-state index contributed by atoms with van der Waals surface area (Å²) in [6, 6.07) is 23.6. The van der Waals surface area contributed by atoms with E-state index in [9.17, 15) is 4.79 Å². The first-order chi connectivity index (χ1) is 14.4. The first-order valence-electron chi connectivity index (χ1n) is 10.5. The fourth-order valence-corrected chi connectivity index (χ4v) is 5.44. The van der Waals surface area contributed by atoms with Crippen molar-refractivity contribution in [2.75, 3.05) is 0 Å². The quantitative estimate of drug-likeness (QED) is 0.505. The predicted molar refractivity (Wildman–Crippen MR) is 126 cm³/mol. The van der Waals surface area contributed by atoms with Crippen molar-refractivity contribution < 1.29 is 4.79 Å². The van der Waals surface area contributed by atoms with Gasteiger partial charge in [-0.1, -0.05) is 54.6 Å². The van der Waals surface area contributed by atoms with Crippen molar-refractivity contribution >= 4 is 17.7 Å². The molecule has 1 atom stereocenters. The number of carbonyl (C=O) groups is 1. The maximum absolute atomic E-state index is 13.1. The van der Waals surface area contributed by atoms with Gasteiger partial charge in [0.15, 0.2) is 0 Å². The van der Waals surface area contributed by atoms with Gasteiger partial charge in [0.2, 0.25) is 5.91 Å². The molecular formula is C27H29NOS. The number of benzene rings is 3. The lowest BCUT2D eigenvalue weighted by atomic mass is 9.70. The normalized spacial score (nSPS) is 17.3. The lowest BCUT2D eigenvalue weighted by molar-refractivity contribution is -0.141. The van der Waals surface area contributed by atoms with E-state index in [0.717, 1.165) is 12.8 Å². The average molecular weight is 416 g/mol. The monoisotopic (exact) mass is 415 g/mol. The molecule has 0 aliphatic carbocycles. The fraction of sp³-hybridized carbons (Fsp3) is 0.296. The maximum Gasteiger partial charge on any atom is 0.230 e. The van der Waals surface area contributed by atoms with Crippen LogP contribution < -0.4 is 5.32 Å². The SMILES string of the molecule is Cc1ccc(CC2(Cc3ccc(C)c(C)c3)C(=O)NC2Sc2ccccc2)cc1C. The van der Waals surface area contributed by atoms with Crippen LogP contribution in [0, 0.1) is 33.1 Å². The molecule has 0 aromatic heterocycles. The number of hydrogen-bond donors (Lipinski definition) is 1. The minimum absolute atomic E-state index is 0.0515. The van der Waals surface area contributed by atoms with E-state index in [0.29, 0.717) is 0 Å². The van der Waals surface area contributed by atoms with Gasteiger partial charge in [-0.15, -0.1) is 11.8 Å². The van der Waals surface area contributed by atoms with Crippen molar-refractivity contribution in [2.24, 2.45) is 5.41 Å². The summed E-state index contributed by atoms with van der Waals surface area (Å²) < 4.78 is 0. The standard InChI is InChI=1S/C27H29NOS/c1-18-10-12-22(14-20(18)3)16-27(17-23-13-11-19(2)21(4)15-23)25(29)28-26(27)30-24-8-6-5-7-9-24/h5-15,26H,16-17H2,1-4H3,(H,28,29). The van der Waals surface area contributed by atoms with E-state index in [-0.39, 0.29) is 11.3 Å². The second kappa shape index (κ2) is 8.31. The number of carbonyl (C=O) groups excluding carboxylic acids is 1. The number of amides is 1. The van der Waals surface area contributed by atoms with Crippen molar-refractivity contribution in [2.45, 2.75) is 50.8 Å². The molecule has 30 heavy (non-hydrogen) atoms. The molecule has 1 amide bonds. The number of hydrogen-bond acceptors (Lipinski definition) is 2. The van der Waals surface area contributed by atoms with Crippen LogP contribution in [0.5, 0.6) is 0 Å². The van der Waals surface area contributed by atoms with E-state index in [1.165, 1.54) is 38.3 Å². The Morgan fingerprint density at radius 2 is 1.30 bits per heavy atom. The lowest BCUT2D eigenvalue weighted by Gasteiger charge is -2.48. The van der Waals surface area contributed by atoms with Gasteiger partial charge in [0.05, 0.1) is 10.8 Å². The van der Waals surface area contributed by atoms with E-state index in [1.54, 1.807) is 11.8 Å². The Kier molecular flexibility index (Phi) is 5.75. The third-order valence-corrected chi connectivity index (χ3v) is 7.74. The lowest BCUT2D eigenvalue weighted by Crippen LogP contribution is -2.67. The average Bonchev–Trinajstić information content (AvgIpc) is 2.73. The van der Waals surface area contributed by atoms with Crippen molar-refractivity contribution in [1.82, 2.24) is 5.32 Å². The minimum Gasteiger partial charge on any atom is -0.342 e. The first kappa shape index (κ1) is 20.7. The molecule has 4 rings (SSSR count). The van der Waals surface area contributed by atoms with Gasteiger partial charge in [-0.3, -0.25) is 4.79 Å². The summed E-state index contributed by atoms with van der Waals surface area (Å²) >= 11 is 1.76. The van der Waals surface area contributed by atoms with Gasteiger partial charge in [-0.2, -0.15) is 0 Å². The Hall–Kier alpha value is -2.52. The van der Waals surface area contributed by atoms with Crippen LogP contribution in [0.25, 0.3) is 0 Å². The summed E-state index contributed by atoms with van der Waals surface area (Å²) in [6.07, 6.45) is 1.49. The molecule has 1 heterocycles. The van der Waals surface area contributed by atoms with E-state index < -0.39 is 5.41 Å². The second-order valence-corrected chi connectivity index (χ2v) is 9.81. The molecule has 1 N–H and O–H groups in total. The van der Waals surface area contributed by atoms with Gasteiger partial charge in [0.1, 0.15) is 0 Å². The van der Waals surface area contributed by atoms with E-state index in [2.05, 4.69) is 93.7 Å². The number of β-lactam (4-membered cyclic amide) rings is 1. The van der Waals surface area contributed by atoms with Gasteiger partial charge in [0, 0.05) is 4.90 Å². The highest BCUT2D eigenvalue weighted by atomic mass is 32.2. The molecule has 0 spiro atoms. The third kappa shape index (κ3) is 4.04. The molecule has 0 saturated carbocycles. The molecule has 154 valence electrons. The Bertz CT molecular complexity index is 1020. The first-order valence-corrected chi connectivity index (χ1v) is 11.4. The maximum atomic E-state index is 13.1. The Morgan fingerprint density at radius 1 is 0.767 bits per heavy atom. The molecule has 1 unspecified atom stereocenters. The molecule has 1 saturated heterocycles. The molecule has 2 nitrogen and oxygen atoms in total. The highest BCUT2D eigenvalue weighted by Crippen LogP contribution is 2.46. The van der Waals surface area contributed by atoms with Crippen LogP contribution in [0.1, 0.15) is 33.4 Å². The largest absolute Gasteiger partial charge is 0.342 e. The Labute approximate surface area is 184 Å². The second-order valence-electron chi connectivity index (χ2n) is 8.63. The predicted octanol–water partition coefficient (Wildman–Crippen LogP) is 5.94. The Morgan fingerprint density at radius 3 is 1.77 bits per heavy atom. The van der Waals surface area contributed by atoms with Crippen molar-refractivity contribution in [3.05, 3.63) is 100 Å². The van der Waals surface area contributed by atoms with Gasteiger partial charge in [0.25, 0.3) is 0 Å². The summed E-state index contributed by atoms with van der Waals surface area (Å²) in [5.74, 6) is 0.160. The van der Waals surface area contributed by atoms with Gasteiger partial charge >= 0.3 is 0 Å². The van der Waals surface area contributed by atoms with Crippen molar-refractivity contribution in [1.29, 1.82) is 0 Å². The molecule has 1 aliphatic heterocycles. The fourth-order valence-electron chi connectivity index (χ4n) is 4.18. The summed E-state index contributed by atoms with van der Waals surface area (Å²) in [7, 11) is 0. The van der Waals surface area contributed by atoms with Crippen molar-refractivity contribution in [3.8, 4) is 0 Å². The smallest absolute Gasteiger partial charge is 0.230 e. The number of aryl methyl sites for hydroxylation is 4. The van der Waals surface area contributed by atoms with Crippen LogP contribution >= 0.6 is 11.8 Å². The minimum atomic E-state index is -0.454. The van der Waals surface area contributed by atoms with Crippen LogP contribution in [0.4, 0.5) is 0 Å². The summed E-state index contributed by atoms with van der Waals surface area (Å²) in [5, 5.41) is 3.25. The van der Waals surface area contributed by atoms with Crippen LogP contribution in [0.2, 0.25) is 0 Å². The van der Waals surface area contributed by atoms with Gasteiger partial charge in [-0.05, 0) is 86.1 Å². The zero-order valence-electron chi connectivity index (χ0n) is 18.2. The van der Waals surface area contributed by atoms with Gasteiger partial charge in [-0.25, -0.2) is 0 Å². The zero-order chi connectivity index (χ0) is 21.3. The van der Waals surface area contributed by atoms with E-state index >= 15 is 0 Å². The molecule has 1 fully saturated rings. The number of rotatable bonds is 6.